The lowest BCUT2D eigenvalue weighted by molar-refractivity contribution is -0.00548. The maximum atomic E-state index is 5.81. The number of ether oxygens (including phenoxy) is 1. The number of morpholine rings is 1. The van der Waals surface area contributed by atoms with Crippen molar-refractivity contribution < 1.29 is 4.74 Å². The zero-order valence-electron chi connectivity index (χ0n) is 14.1. The number of nitrogens with one attached hydrogen (secondary N) is 1. The van der Waals surface area contributed by atoms with Crippen molar-refractivity contribution in [1.82, 2.24) is 9.97 Å². The molecule has 0 unspecified atom stereocenters. The number of anilines is 2. The van der Waals surface area contributed by atoms with Crippen LogP contribution in [0.1, 0.15) is 47.4 Å². The minimum Gasteiger partial charge on any atom is -0.372 e. The third kappa shape index (κ3) is 4.06. The molecule has 0 bridgehead atoms. The van der Waals surface area contributed by atoms with Crippen molar-refractivity contribution in [1.29, 1.82) is 0 Å². The van der Waals surface area contributed by atoms with E-state index in [1.54, 1.807) is 0 Å². The van der Waals surface area contributed by atoms with Crippen LogP contribution in [0.2, 0.25) is 0 Å². The Kier molecular flexibility index (Phi) is 4.71. The molecular formula is C16H28N4O. The molecule has 2 rings (SSSR count). The Morgan fingerprint density at radius 3 is 2.38 bits per heavy atom. The average molecular weight is 292 g/mol. The topological polar surface area (TPSA) is 50.3 Å². The van der Waals surface area contributed by atoms with Crippen LogP contribution in [-0.4, -0.2) is 41.8 Å². The van der Waals surface area contributed by atoms with Gasteiger partial charge in [-0.25, -0.2) is 9.97 Å². The summed E-state index contributed by atoms with van der Waals surface area (Å²) < 4.78 is 5.81. The molecule has 0 saturated carbocycles. The second kappa shape index (κ2) is 6.18. The van der Waals surface area contributed by atoms with Crippen LogP contribution in [0.5, 0.6) is 0 Å². The zero-order valence-corrected chi connectivity index (χ0v) is 14.1. The molecule has 0 spiro atoms. The van der Waals surface area contributed by atoms with Crippen molar-refractivity contribution in [2.75, 3.05) is 29.9 Å². The number of hydrogen-bond acceptors (Lipinski definition) is 5. The Balaban J connectivity index is 2.35. The monoisotopic (exact) mass is 292 g/mol. The number of hydrogen-bond donors (Lipinski definition) is 1. The minimum absolute atomic E-state index is 0.0658. The molecule has 1 aromatic heterocycles. The summed E-state index contributed by atoms with van der Waals surface area (Å²) in [6, 6.07) is 2.05. The zero-order chi connectivity index (χ0) is 15.6. The first kappa shape index (κ1) is 16.0. The molecule has 5 nitrogen and oxygen atoms in total. The van der Waals surface area contributed by atoms with Crippen molar-refractivity contribution in [3.8, 4) is 0 Å². The van der Waals surface area contributed by atoms with Gasteiger partial charge in [-0.05, 0) is 20.8 Å². The van der Waals surface area contributed by atoms with Gasteiger partial charge in [0.15, 0.2) is 0 Å². The minimum atomic E-state index is -0.0658. The average Bonchev–Trinajstić information content (AvgIpc) is 2.36. The van der Waals surface area contributed by atoms with Crippen molar-refractivity contribution in [2.45, 2.75) is 59.2 Å². The van der Waals surface area contributed by atoms with Crippen molar-refractivity contribution in [3.05, 3.63) is 11.9 Å². The van der Waals surface area contributed by atoms with Crippen LogP contribution in [0, 0.1) is 0 Å². The fourth-order valence-corrected chi connectivity index (χ4v) is 2.57. The summed E-state index contributed by atoms with van der Waals surface area (Å²) in [5, 5.41) is 3.31. The first-order valence-corrected chi connectivity index (χ1v) is 7.83. The van der Waals surface area contributed by atoms with Gasteiger partial charge in [0.1, 0.15) is 17.5 Å². The smallest absolute Gasteiger partial charge is 0.138 e. The third-order valence-electron chi connectivity index (χ3n) is 3.48. The van der Waals surface area contributed by atoms with Gasteiger partial charge in [0.25, 0.3) is 0 Å². The molecule has 5 heteroatoms. The SMILES string of the molecule is CCNc1cc(N2C[C@@H](C)O[C@@H](C)C2)nc(C(C)(C)C)n1. The lowest BCUT2D eigenvalue weighted by atomic mass is 9.95. The van der Waals surface area contributed by atoms with Gasteiger partial charge in [0, 0.05) is 31.1 Å². The highest BCUT2D eigenvalue weighted by atomic mass is 16.5. The molecule has 0 aromatic carbocycles. The van der Waals surface area contributed by atoms with Gasteiger partial charge in [0.2, 0.25) is 0 Å². The standard InChI is InChI=1S/C16H28N4O/c1-7-17-13-8-14(19-15(18-13)16(4,5)6)20-9-11(2)21-12(3)10-20/h8,11-12H,7,9-10H2,1-6H3,(H,17,18,19)/t11-,12+. The van der Waals surface area contributed by atoms with Crippen LogP contribution in [0.15, 0.2) is 6.07 Å². The summed E-state index contributed by atoms with van der Waals surface area (Å²) in [4.78, 5) is 11.7. The van der Waals surface area contributed by atoms with E-state index >= 15 is 0 Å². The molecule has 1 N–H and O–H groups in total. The van der Waals surface area contributed by atoms with Crippen molar-refractivity contribution in [3.63, 3.8) is 0 Å². The largest absolute Gasteiger partial charge is 0.372 e. The molecule has 1 aliphatic rings. The Hall–Kier alpha value is -1.36. The van der Waals surface area contributed by atoms with E-state index in [0.29, 0.717) is 0 Å². The van der Waals surface area contributed by atoms with Crippen LogP contribution in [-0.2, 0) is 10.2 Å². The van der Waals surface area contributed by atoms with Gasteiger partial charge in [0.05, 0.1) is 12.2 Å². The van der Waals surface area contributed by atoms with Crippen molar-refractivity contribution in [2.24, 2.45) is 0 Å². The fourth-order valence-electron chi connectivity index (χ4n) is 2.57. The van der Waals surface area contributed by atoms with Gasteiger partial charge in [-0.1, -0.05) is 20.8 Å². The van der Waals surface area contributed by atoms with Gasteiger partial charge >= 0.3 is 0 Å². The fraction of sp³-hybridized carbons (Fsp3) is 0.750. The van der Waals surface area contributed by atoms with Crippen LogP contribution in [0.4, 0.5) is 11.6 Å². The van der Waals surface area contributed by atoms with Crippen LogP contribution >= 0.6 is 0 Å². The van der Waals surface area contributed by atoms with Gasteiger partial charge in [-0.2, -0.15) is 0 Å². The van der Waals surface area contributed by atoms with E-state index in [1.807, 2.05) is 6.07 Å². The highest BCUT2D eigenvalue weighted by Crippen LogP contribution is 2.26. The predicted octanol–water partition coefficient (Wildman–Crippen LogP) is 2.82. The molecule has 0 radical (unpaired) electrons. The quantitative estimate of drug-likeness (QED) is 0.928. The van der Waals surface area contributed by atoms with E-state index < -0.39 is 0 Å². The third-order valence-corrected chi connectivity index (χ3v) is 3.48. The van der Waals surface area contributed by atoms with E-state index in [-0.39, 0.29) is 17.6 Å². The van der Waals surface area contributed by atoms with E-state index in [2.05, 4.69) is 56.7 Å². The van der Waals surface area contributed by atoms with E-state index in [9.17, 15) is 0 Å². The summed E-state index contributed by atoms with van der Waals surface area (Å²) in [7, 11) is 0. The predicted molar refractivity (Wildman–Crippen MR) is 87.1 cm³/mol. The molecule has 118 valence electrons. The van der Waals surface area contributed by atoms with Gasteiger partial charge < -0.3 is 15.0 Å². The van der Waals surface area contributed by atoms with Crippen LogP contribution in [0.25, 0.3) is 0 Å². The highest BCUT2D eigenvalue weighted by Gasteiger charge is 2.26. The number of rotatable bonds is 3. The molecule has 2 atom stereocenters. The van der Waals surface area contributed by atoms with E-state index in [4.69, 9.17) is 9.72 Å². The Morgan fingerprint density at radius 2 is 1.86 bits per heavy atom. The lowest BCUT2D eigenvalue weighted by Gasteiger charge is -2.36. The van der Waals surface area contributed by atoms with Gasteiger partial charge in [-0.15, -0.1) is 0 Å². The second-order valence-electron chi connectivity index (χ2n) is 6.88. The molecule has 1 aliphatic heterocycles. The summed E-state index contributed by atoms with van der Waals surface area (Å²) in [5.74, 6) is 2.77. The molecule has 1 fully saturated rings. The first-order valence-electron chi connectivity index (χ1n) is 7.83. The number of nitrogens with zero attached hydrogens (tertiary/aromatic N) is 3. The summed E-state index contributed by atoms with van der Waals surface area (Å²) >= 11 is 0. The summed E-state index contributed by atoms with van der Waals surface area (Å²) in [6.07, 6.45) is 0.453. The molecule has 1 saturated heterocycles. The number of aromatic nitrogens is 2. The lowest BCUT2D eigenvalue weighted by Crippen LogP contribution is -2.46. The Morgan fingerprint density at radius 1 is 1.24 bits per heavy atom. The Bertz CT molecular complexity index is 474. The normalized spacial score (nSPS) is 23.2. The van der Waals surface area contributed by atoms with E-state index in [0.717, 1.165) is 37.1 Å². The maximum Gasteiger partial charge on any atom is 0.138 e. The first-order chi connectivity index (χ1) is 9.79. The molecular weight excluding hydrogens is 264 g/mol. The molecule has 0 amide bonds. The molecule has 21 heavy (non-hydrogen) atoms. The van der Waals surface area contributed by atoms with Gasteiger partial charge in [-0.3, -0.25) is 0 Å². The summed E-state index contributed by atoms with van der Waals surface area (Å²) in [6.45, 7) is 15.3. The maximum absolute atomic E-state index is 5.81. The highest BCUT2D eigenvalue weighted by molar-refractivity contribution is 5.50. The molecule has 2 heterocycles. The summed E-state index contributed by atoms with van der Waals surface area (Å²) in [5.41, 5.74) is -0.0658. The molecule has 0 aliphatic carbocycles. The van der Waals surface area contributed by atoms with Crippen molar-refractivity contribution >= 4 is 11.6 Å². The van der Waals surface area contributed by atoms with Crippen LogP contribution in [0.3, 0.4) is 0 Å². The van der Waals surface area contributed by atoms with Crippen LogP contribution < -0.4 is 10.2 Å². The second-order valence-corrected chi connectivity index (χ2v) is 6.88. The van der Waals surface area contributed by atoms with E-state index in [1.165, 1.54) is 0 Å². The Labute approximate surface area is 128 Å². The molecule has 1 aromatic rings.